The van der Waals surface area contributed by atoms with Gasteiger partial charge in [-0.3, -0.25) is 9.89 Å². The van der Waals surface area contributed by atoms with Gasteiger partial charge in [0.15, 0.2) is 0 Å². The third-order valence-electron chi connectivity index (χ3n) is 2.32. The van der Waals surface area contributed by atoms with Gasteiger partial charge in [-0.1, -0.05) is 0 Å². The molecule has 1 atom stereocenters. The van der Waals surface area contributed by atoms with Gasteiger partial charge in [0.25, 0.3) is 0 Å². The van der Waals surface area contributed by atoms with Gasteiger partial charge < -0.3 is 11.1 Å². The summed E-state index contributed by atoms with van der Waals surface area (Å²) >= 11 is 0. The third kappa shape index (κ3) is 3.71. The van der Waals surface area contributed by atoms with Crippen LogP contribution in [0.25, 0.3) is 0 Å². The van der Waals surface area contributed by atoms with Gasteiger partial charge in [0.2, 0.25) is 5.91 Å². The van der Waals surface area contributed by atoms with Crippen molar-refractivity contribution in [2.45, 2.75) is 32.7 Å². The molecule has 1 amide bonds. The molecule has 15 heavy (non-hydrogen) atoms. The molecule has 0 fully saturated rings. The van der Waals surface area contributed by atoms with E-state index in [1.807, 2.05) is 13.8 Å². The quantitative estimate of drug-likeness (QED) is 0.645. The zero-order chi connectivity index (χ0) is 11.3. The molecular formula is C10H18N4O. The highest BCUT2D eigenvalue weighted by atomic mass is 16.1. The molecule has 0 saturated heterocycles. The van der Waals surface area contributed by atoms with Gasteiger partial charge in [0.05, 0.1) is 6.20 Å². The minimum Gasteiger partial charge on any atom is -0.352 e. The number of hydrogen-bond acceptors (Lipinski definition) is 3. The van der Waals surface area contributed by atoms with Crippen LogP contribution >= 0.6 is 0 Å². The maximum absolute atomic E-state index is 11.4. The number of rotatable bonds is 5. The van der Waals surface area contributed by atoms with Crippen LogP contribution in [0, 0.1) is 6.92 Å². The van der Waals surface area contributed by atoms with E-state index in [4.69, 9.17) is 5.73 Å². The van der Waals surface area contributed by atoms with Gasteiger partial charge in [-0.05, 0) is 25.8 Å². The molecule has 0 aliphatic heterocycles. The Kier molecular flexibility index (Phi) is 4.30. The lowest BCUT2D eigenvalue weighted by molar-refractivity contribution is -0.121. The van der Waals surface area contributed by atoms with Gasteiger partial charge >= 0.3 is 0 Å². The van der Waals surface area contributed by atoms with Gasteiger partial charge in [-0.2, -0.15) is 5.10 Å². The van der Waals surface area contributed by atoms with Crippen molar-refractivity contribution in [3.63, 3.8) is 0 Å². The number of nitrogens with one attached hydrogen (secondary N) is 2. The summed E-state index contributed by atoms with van der Waals surface area (Å²) in [5, 5.41) is 9.56. The number of H-pyrrole nitrogens is 1. The Hall–Kier alpha value is -1.36. The lowest BCUT2D eigenvalue weighted by Gasteiger charge is -2.10. The highest BCUT2D eigenvalue weighted by Crippen LogP contribution is 2.05. The van der Waals surface area contributed by atoms with E-state index in [-0.39, 0.29) is 11.9 Å². The Morgan fingerprint density at radius 3 is 3.00 bits per heavy atom. The van der Waals surface area contributed by atoms with E-state index in [0.29, 0.717) is 19.4 Å². The molecule has 0 radical (unpaired) electrons. The van der Waals surface area contributed by atoms with E-state index in [1.54, 1.807) is 6.20 Å². The zero-order valence-corrected chi connectivity index (χ0v) is 9.21. The van der Waals surface area contributed by atoms with Crippen LogP contribution in [0.4, 0.5) is 0 Å². The van der Waals surface area contributed by atoms with Crippen LogP contribution in [0.1, 0.15) is 24.6 Å². The number of aryl methyl sites for hydroxylation is 2. The fraction of sp³-hybridized carbons (Fsp3) is 0.600. The highest BCUT2D eigenvalue weighted by Gasteiger charge is 2.07. The van der Waals surface area contributed by atoms with E-state index in [1.165, 1.54) is 0 Å². The maximum atomic E-state index is 11.4. The average Bonchev–Trinajstić information content (AvgIpc) is 2.61. The van der Waals surface area contributed by atoms with Gasteiger partial charge in [-0.15, -0.1) is 0 Å². The minimum absolute atomic E-state index is 0.0357. The predicted molar refractivity (Wildman–Crippen MR) is 58.3 cm³/mol. The van der Waals surface area contributed by atoms with Crippen LogP contribution in [-0.2, 0) is 11.2 Å². The summed E-state index contributed by atoms with van der Waals surface area (Å²) in [6.45, 7) is 4.31. The van der Waals surface area contributed by atoms with E-state index in [2.05, 4.69) is 15.5 Å². The van der Waals surface area contributed by atoms with Crippen molar-refractivity contribution < 1.29 is 4.79 Å². The first-order valence-electron chi connectivity index (χ1n) is 5.11. The molecule has 5 nitrogen and oxygen atoms in total. The molecule has 0 saturated carbocycles. The SMILES string of the molecule is Cc1[nH]ncc1CCC(=O)NC(C)CN. The number of amides is 1. The molecular weight excluding hydrogens is 192 g/mol. The van der Waals surface area contributed by atoms with Crippen LogP contribution in [0.15, 0.2) is 6.20 Å². The molecule has 4 N–H and O–H groups in total. The van der Waals surface area contributed by atoms with E-state index >= 15 is 0 Å². The number of hydrogen-bond donors (Lipinski definition) is 3. The lowest BCUT2D eigenvalue weighted by atomic mass is 10.1. The van der Waals surface area contributed by atoms with Gasteiger partial charge in [0.1, 0.15) is 0 Å². The smallest absolute Gasteiger partial charge is 0.220 e. The number of carbonyl (C=O) groups excluding carboxylic acids is 1. The molecule has 0 aromatic carbocycles. The van der Waals surface area contributed by atoms with Crippen molar-refractivity contribution in [1.82, 2.24) is 15.5 Å². The zero-order valence-electron chi connectivity index (χ0n) is 9.21. The van der Waals surface area contributed by atoms with Crippen LogP contribution in [0.5, 0.6) is 0 Å². The largest absolute Gasteiger partial charge is 0.352 e. The summed E-state index contributed by atoms with van der Waals surface area (Å²) < 4.78 is 0. The van der Waals surface area contributed by atoms with Crippen LogP contribution in [-0.4, -0.2) is 28.7 Å². The van der Waals surface area contributed by atoms with Crippen molar-refractivity contribution in [1.29, 1.82) is 0 Å². The summed E-state index contributed by atoms with van der Waals surface area (Å²) in [6, 6.07) is 0.0444. The standard InChI is InChI=1S/C10H18N4O/c1-7(5-11)13-10(15)4-3-9-6-12-14-8(9)2/h6-7H,3-5,11H2,1-2H3,(H,12,14)(H,13,15). The summed E-state index contributed by atoms with van der Waals surface area (Å²) in [4.78, 5) is 11.4. The van der Waals surface area contributed by atoms with Crippen molar-refractivity contribution in [2.75, 3.05) is 6.54 Å². The Balaban J connectivity index is 2.31. The van der Waals surface area contributed by atoms with E-state index in [9.17, 15) is 4.79 Å². The predicted octanol–water partition coefficient (Wildman–Crippen LogP) is 0.114. The third-order valence-corrected chi connectivity index (χ3v) is 2.32. The summed E-state index contributed by atoms with van der Waals surface area (Å²) in [7, 11) is 0. The number of nitrogens with zero attached hydrogens (tertiary/aromatic N) is 1. The first kappa shape index (κ1) is 11.7. The van der Waals surface area contributed by atoms with Gasteiger partial charge in [-0.25, -0.2) is 0 Å². The molecule has 84 valence electrons. The number of aromatic nitrogens is 2. The molecule has 1 unspecified atom stereocenters. The van der Waals surface area contributed by atoms with Crippen LogP contribution < -0.4 is 11.1 Å². The normalized spacial score (nSPS) is 12.5. The first-order chi connectivity index (χ1) is 7.13. The first-order valence-corrected chi connectivity index (χ1v) is 5.11. The fourth-order valence-corrected chi connectivity index (χ4v) is 1.28. The van der Waals surface area contributed by atoms with Crippen molar-refractivity contribution in [3.05, 3.63) is 17.5 Å². The summed E-state index contributed by atoms with van der Waals surface area (Å²) in [5.41, 5.74) is 7.52. The minimum atomic E-state index is 0.0357. The average molecular weight is 210 g/mol. The Bertz CT molecular complexity index is 321. The maximum Gasteiger partial charge on any atom is 0.220 e. The van der Waals surface area contributed by atoms with Gasteiger partial charge in [0, 0.05) is 24.7 Å². The van der Waals surface area contributed by atoms with Crippen molar-refractivity contribution in [3.8, 4) is 0 Å². The Labute approximate surface area is 89.4 Å². The number of aromatic amines is 1. The topological polar surface area (TPSA) is 83.8 Å². The molecule has 0 bridgehead atoms. The van der Waals surface area contributed by atoms with Crippen molar-refractivity contribution in [2.24, 2.45) is 5.73 Å². The molecule has 0 spiro atoms. The summed E-state index contributed by atoms with van der Waals surface area (Å²) in [5.74, 6) is 0.0357. The molecule has 1 rings (SSSR count). The fourth-order valence-electron chi connectivity index (χ4n) is 1.28. The Morgan fingerprint density at radius 1 is 1.73 bits per heavy atom. The van der Waals surface area contributed by atoms with Crippen LogP contribution in [0.3, 0.4) is 0 Å². The van der Waals surface area contributed by atoms with Crippen molar-refractivity contribution >= 4 is 5.91 Å². The molecule has 0 aliphatic carbocycles. The second-order valence-corrected chi connectivity index (χ2v) is 3.72. The summed E-state index contributed by atoms with van der Waals surface area (Å²) in [6.07, 6.45) is 2.95. The molecule has 1 aromatic rings. The molecule has 5 heteroatoms. The highest BCUT2D eigenvalue weighted by molar-refractivity contribution is 5.76. The molecule has 1 heterocycles. The monoisotopic (exact) mass is 210 g/mol. The second kappa shape index (κ2) is 5.50. The van der Waals surface area contributed by atoms with Crippen LogP contribution in [0.2, 0.25) is 0 Å². The number of nitrogens with two attached hydrogens (primary N) is 1. The Morgan fingerprint density at radius 2 is 2.47 bits per heavy atom. The second-order valence-electron chi connectivity index (χ2n) is 3.72. The number of carbonyl (C=O) groups is 1. The lowest BCUT2D eigenvalue weighted by Crippen LogP contribution is -2.37. The molecule has 0 aliphatic rings. The van der Waals surface area contributed by atoms with E-state index < -0.39 is 0 Å². The van der Waals surface area contributed by atoms with E-state index in [0.717, 1.165) is 11.3 Å². The molecule has 1 aromatic heterocycles.